The molecule has 3 aromatic rings. The Balaban J connectivity index is 1.23. The molecule has 30 heavy (non-hydrogen) atoms. The zero-order chi connectivity index (χ0) is 20.8. The number of nitrogens with one attached hydrogen (secondary N) is 2. The summed E-state index contributed by atoms with van der Waals surface area (Å²) in [6.07, 6.45) is 2.59. The first-order chi connectivity index (χ1) is 14.6. The van der Waals surface area contributed by atoms with E-state index in [0.717, 1.165) is 27.4 Å². The molecule has 0 bridgehead atoms. The van der Waals surface area contributed by atoms with Gasteiger partial charge in [0.25, 0.3) is 0 Å². The van der Waals surface area contributed by atoms with Crippen LogP contribution in [0.2, 0.25) is 0 Å². The molecule has 0 saturated carbocycles. The third kappa shape index (κ3) is 6.04. The number of hydrogen-bond donors (Lipinski definition) is 2. The number of anilines is 3. The predicted octanol–water partition coefficient (Wildman–Crippen LogP) is 4.92. The number of aromatic nitrogens is 2. The summed E-state index contributed by atoms with van der Waals surface area (Å²) < 4.78 is 0.765. The molecule has 1 saturated heterocycles. The molecule has 2 heterocycles. The molecule has 4 rings (SSSR count). The summed E-state index contributed by atoms with van der Waals surface area (Å²) in [4.78, 5) is 14.8. The van der Waals surface area contributed by atoms with Gasteiger partial charge in [-0.25, -0.2) is 0 Å². The Hall–Kier alpha value is -2.42. The first kappa shape index (κ1) is 20.8. The fraction of sp³-hybridized carbons (Fsp3) is 0.318. The van der Waals surface area contributed by atoms with Crippen LogP contribution in [0.4, 0.5) is 16.5 Å². The van der Waals surface area contributed by atoms with Gasteiger partial charge in [0.2, 0.25) is 11.0 Å². The molecule has 6 nitrogen and oxygen atoms in total. The Bertz CT molecular complexity index is 983. The molecule has 2 aromatic carbocycles. The summed E-state index contributed by atoms with van der Waals surface area (Å²) in [7, 11) is 0. The minimum atomic E-state index is -0.0457. The monoisotopic (exact) mass is 439 g/mol. The zero-order valence-corrected chi connectivity index (χ0v) is 18.6. The number of amides is 1. The summed E-state index contributed by atoms with van der Waals surface area (Å²) in [5.41, 5.74) is 4.27. The molecule has 1 amide bonds. The summed E-state index contributed by atoms with van der Waals surface area (Å²) >= 11 is 2.84. The Kier molecular flexibility index (Phi) is 6.99. The van der Waals surface area contributed by atoms with Crippen molar-refractivity contribution in [2.24, 2.45) is 0 Å². The number of carbonyl (C=O) groups is 1. The van der Waals surface area contributed by atoms with Crippen LogP contribution < -0.4 is 10.6 Å². The van der Waals surface area contributed by atoms with E-state index in [0.29, 0.717) is 5.75 Å². The first-order valence-electron chi connectivity index (χ1n) is 10.1. The van der Waals surface area contributed by atoms with Crippen LogP contribution in [0.3, 0.4) is 0 Å². The average Bonchev–Trinajstić information content (AvgIpc) is 3.40. The molecule has 1 fully saturated rings. The highest BCUT2D eigenvalue weighted by atomic mass is 32.2. The van der Waals surface area contributed by atoms with E-state index < -0.39 is 0 Å². The SMILES string of the molecule is Cc1cccc(Nc2nnc(SCC(=O)Nc3ccc(CN4CCCC4)cc3)s2)c1. The molecule has 0 spiro atoms. The Labute approximate surface area is 185 Å². The van der Waals surface area contributed by atoms with Gasteiger partial charge >= 0.3 is 0 Å². The fourth-order valence-corrected chi connectivity index (χ4v) is 4.95. The van der Waals surface area contributed by atoms with Gasteiger partial charge in [-0.3, -0.25) is 9.69 Å². The van der Waals surface area contributed by atoms with Crippen LogP contribution in [0.25, 0.3) is 0 Å². The molecular formula is C22H25N5OS2. The van der Waals surface area contributed by atoms with Gasteiger partial charge in [0.05, 0.1) is 5.75 Å². The van der Waals surface area contributed by atoms with Crippen molar-refractivity contribution < 1.29 is 4.79 Å². The number of benzene rings is 2. The maximum absolute atomic E-state index is 12.3. The van der Waals surface area contributed by atoms with Gasteiger partial charge in [-0.15, -0.1) is 10.2 Å². The topological polar surface area (TPSA) is 70.1 Å². The largest absolute Gasteiger partial charge is 0.330 e. The second-order valence-corrected chi connectivity index (χ2v) is 9.58. The van der Waals surface area contributed by atoms with Gasteiger partial charge in [-0.05, 0) is 68.2 Å². The van der Waals surface area contributed by atoms with Crippen LogP contribution >= 0.6 is 23.1 Å². The molecule has 0 atom stereocenters. The summed E-state index contributed by atoms with van der Waals surface area (Å²) in [6, 6.07) is 16.2. The highest BCUT2D eigenvalue weighted by Crippen LogP contribution is 2.28. The summed E-state index contributed by atoms with van der Waals surface area (Å²) in [5.74, 6) is 0.255. The minimum Gasteiger partial charge on any atom is -0.330 e. The predicted molar refractivity (Wildman–Crippen MR) is 125 cm³/mol. The van der Waals surface area contributed by atoms with Crippen LogP contribution in [-0.4, -0.2) is 39.8 Å². The molecule has 156 valence electrons. The Morgan fingerprint density at radius 3 is 2.67 bits per heavy atom. The van der Waals surface area contributed by atoms with Crippen molar-refractivity contribution in [3.05, 3.63) is 59.7 Å². The third-order valence-electron chi connectivity index (χ3n) is 4.85. The second kappa shape index (κ2) is 10.1. The third-order valence-corrected chi connectivity index (χ3v) is 6.82. The van der Waals surface area contributed by atoms with Crippen molar-refractivity contribution in [3.8, 4) is 0 Å². The summed E-state index contributed by atoms with van der Waals surface area (Å²) in [5, 5.41) is 15.2. The van der Waals surface area contributed by atoms with Crippen molar-refractivity contribution in [2.75, 3.05) is 29.5 Å². The van der Waals surface area contributed by atoms with Crippen molar-refractivity contribution in [1.82, 2.24) is 15.1 Å². The van der Waals surface area contributed by atoms with E-state index in [9.17, 15) is 4.79 Å². The van der Waals surface area contributed by atoms with Crippen molar-refractivity contribution >= 4 is 45.5 Å². The lowest BCUT2D eigenvalue weighted by atomic mass is 10.2. The number of aryl methyl sites for hydroxylation is 1. The zero-order valence-electron chi connectivity index (χ0n) is 16.9. The Morgan fingerprint density at radius 2 is 1.90 bits per heavy atom. The van der Waals surface area contributed by atoms with Crippen LogP contribution in [0.1, 0.15) is 24.0 Å². The Morgan fingerprint density at radius 1 is 1.10 bits per heavy atom. The van der Waals surface area contributed by atoms with E-state index in [1.54, 1.807) is 0 Å². The molecule has 0 aliphatic carbocycles. The van der Waals surface area contributed by atoms with Crippen LogP contribution in [-0.2, 0) is 11.3 Å². The number of rotatable bonds is 8. The number of thioether (sulfide) groups is 1. The molecule has 8 heteroatoms. The molecule has 1 aromatic heterocycles. The van der Waals surface area contributed by atoms with Crippen molar-refractivity contribution in [2.45, 2.75) is 30.6 Å². The highest BCUT2D eigenvalue weighted by Gasteiger charge is 2.12. The van der Waals surface area contributed by atoms with E-state index in [-0.39, 0.29) is 5.91 Å². The van der Waals surface area contributed by atoms with E-state index in [1.165, 1.54) is 60.2 Å². The molecule has 2 N–H and O–H groups in total. The van der Waals surface area contributed by atoms with E-state index in [1.807, 2.05) is 37.3 Å². The lowest BCUT2D eigenvalue weighted by Crippen LogP contribution is -2.18. The molecule has 1 aliphatic rings. The second-order valence-electron chi connectivity index (χ2n) is 7.38. The number of likely N-dealkylation sites (tertiary alicyclic amines) is 1. The van der Waals surface area contributed by atoms with E-state index >= 15 is 0 Å². The van der Waals surface area contributed by atoms with Crippen molar-refractivity contribution in [1.29, 1.82) is 0 Å². The smallest absolute Gasteiger partial charge is 0.234 e. The maximum Gasteiger partial charge on any atom is 0.234 e. The molecular weight excluding hydrogens is 414 g/mol. The molecule has 0 unspecified atom stereocenters. The van der Waals surface area contributed by atoms with Gasteiger partial charge in [0.15, 0.2) is 4.34 Å². The van der Waals surface area contributed by atoms with E-state index in [4.69, 9.17) is 0 Å². The molecule has 0 radical (unpaired) electrons. The standard InChI is InChI=1S/C22H25N5OS2/c1-16-5-4-6-19(13-16)24-21-25-26-22(30-21)29-15-20(28)23-18-9-7-17(8-10-18)14-27-11-2-3-12-27/h4-10,13H,2-3,11-12,14-15H2,1H3,(H,23,28)(H,24,25). The lowest BCUT2D eigenvalue weighted by molar-refractivity contribution is -0.113. The lowest BCUT2D eigenvalue weighted by Gasteiger charge is -2.14. The van der Waals surface area contributed by atoms with Crippen LogP contribution in [0.5, 0.6) is 0 Å². The van der Waals surface area contributed by atoms with Crippen molar-refractivity contribution in [3.63, 3.8) is 0 Å². The normalized spacial score (nSPS) is 14.0. The number of nitrogens with zero attached hydrogens (tertiary/aromatic N) is 3. The van der Waals surface area contributed by atoms with Gasteiger partial charge in [-0.2, -0.15) is 0 Å². The van der Waals surface area contributed by atoms with Crippen LogP contribution in [0.15, 0.2) is 52.9 Å². The number of carbonyl (C=O) groups excluding carboxylic acids is 1. The fourth-order valence-electron chi connectivity index (χ4n) is 3.38. The number of hydrogen-bond acceptors (Lipinski definition) is 7. The van der Waals surface area contributed by atoms with Gasteiger partial charge < -0.3 is 10.6 Å². The maximum atomic E-state index is 12.3. The van der Waals surface area contributed by atoms with Gasteiger partial charge in [0.1, 0.15) is 0 Å². The quantitative estimate of drug-likeness (QED) is 0.486. The van der Waals surface area contributed by atoms with Crippen LogP contribution in [0, 0.1) is 6.92 Å². The average molecular weight is 440 g/mol. The van der Waals surface area contributed by atoms with E-state index in [2.05, 4.69) is 43.9 Å². The van der Waals surface area contributed by atoms with Gasteiger partial charge in [-0.1, -0.05) is 47.4 Å². The summed E-state index contributed by atoms with van der Waals surface area (Å²) in [6.45, 7) is 5.40. The highest BCUT2D eigenvalue weighted by molar-refractivity contribution is 8.01. The minimum absolute atomic E-state index is 0.0457. The molecule has 1 aliphatic heterocycles. The first-order valence-corrected chi connectivity index (χ1v) is 11.9. The van der Waals surface area contributed by atoms with Gasteiger partial charge in [0, 0.05) is 17.9 Å².